The molecule has 3 rings (SSSR count). The number of hydrazone groups is 1. The standard InChI is InChI=1S/C19H18N4O/c1-2-12-20-23-18-13-16(15-10-6-7-11-17(15)22-18)19(24)21-14-8-4-3-5-9-14/h3-13H,2H2,1H3,(H,21,24)(H,22,23)/b20-12+. The zero-order valence-corrected chi connectivity index (χ0v) is 13.4. The van der Waals surface area contributed by atoms with Crippen molar-refractivity contribution in [1.29, 1.82) is 0 Å². The number of benzene rings is 2. The third-order valence-corrected chi connectivity index (χ3v) is 3.45. The quantitative estimate of drug-likeness (QED) is 0.544. The van der Waals surface area contributed by atoms with Crippen molar-refractivity contribution in [3.8, 4) is 0 Å². The fourth-order valence-electron chi connectivity index (χ4n) is 2.34. The highest BCUT2D eigenvalue weighted by Gasteiger charge is 2.13. The van der Waals surface area contributed by atoms with Crippen LogP contribution in [0.4, 0.5) is 11.5 Å². The van der Waals surface area contributed by atoms with Crippen molar-refractivity contribution in [1.82, 2.24) is 4.98 Å². The van der Waals surface area contributed by atoms with Crippen LogP contribution < -0.4 is 10.7 Å². The van der Waals surface area contributed by atoms with Gasteiger partial charge in [-0.1, -0.05) is 43.3 Å². The molecule has 24 heavy (non-hydrogen) atoms. The Morgan fingerprint density at radius 1 is 1.12 bits per heavy atom. The summed E-state index contributed by atoms with van der Waals surface area (Å²) in [6, 6.07) is 18.7. The van der Waals surface area contributed by atoms with Gasteiger partial charge in [-0.05, 0) is 30.7 Å². The van der Waals surface area contributed by atoms with Crippen LogP contribution in [0.15, 0.2) is 65.8 Å². The molecule has 0 aliphatic rings. The number of pyridine rings is 1. The maximum absolute atomic E-state index is 12.7. The smallest absolute Gasteiger partial charge is 0.256 e. The molecule has 0 bridgehead atoms. The van der Waals surface area contributed by atoms with Gasteiger partial charge in [-0.15, -0.1) is 0 Å². The Labute approximate surface area is 140 Å². The fraction of sp³-hybridized carbons (Fsp3) is 0.105. The van der Waals surface area contributed by atoms with Crippen LogP contribution in [0.25, 0.3) is 10.9 Å². The van der Waals surface area contributed by atoms with Crippen molar-refractivity contribution in [2.75, 3.05) is 10.7 Å². The van der Waals surface area contributed by atoms with E-state index in [-0.39, 0.29) is 5.91 Å². The number of anilines is 2. The van der Waals surface area contributed by atoms with Crippen LogP contribution >= 0.6 is 0 Å². The predicted octanol–water partition coefficient (Wildman–Crippen LogP) is 4.29. The third kappa shape index (κ3) is 3.57. The summed E-state index contributed by atoms with van der Waals surface area (Å²) < 4.78 is 0. The van der Waals surface area contributed by atoms with Crippen molar-refractivity contribution in [2.45, 2.75) is 13.3 Å². The Balaban J connectivity index is 1.98. The van der Waals surface area contributed by atoms with Gasteiger partial charge in [0.15, 0.2) is 0 Å². The summed E-state index contributed by atoms with van der Waals surface area (Å²) in [5, 5.41) is 7.80. The number of para-hydroxylation sites is 2. The average molecular weight is 318 g/mol. The van der Waals surface area contributed by atoms with Crippen LogP contribution in [0.3, 0.4) is 0 Å². The Kier molecular flexibility index (Phi) is 4.81. The van der Waals surface area contributed by atoms with Gasteiger partial charge in [0, 0.05) is 17.3 Å². The number of carbonyl (C=O) groups excluding carboxylic acids is 1. The van der Waals surface area contributed by atoms with Gasteiger partial charge < -0.3 is 5.32 Å². The van der Waals surface area contributed by atoms with Crippen LogP contribution in [-0.4, -0.2) is 17.1 Å². The largest absolute Gasteiger partial charge is 0.322 e. The summed E-state index contributed by atoms with van der Waals surface area (Å²) in [5.74, 6) is 0.360. The van der Waals surface area contributed by atoms with Crippen LogP contribution in [0, 0.1) is 0 Å². The zero-order chi connectivity index (χ0) is 16.8. The molecule has 0 atom stereocenters. The van der Waals surface area contributed by atoms with Crippen molar-refractivity contribution < 1.29 is 4.79 Å². The highest BCUT2D eigenvalue weighted by molar-refractivity contribution is 6.12. The number of amides is 1. The first-order chi connectivity index (χ1) is 11.8. The first kappa shape index (κ1) is 15.7. The van der Waals surface area contributed by atoms with Crippen LogP contribution in [0.5, 0.6) is 0 Å². The van der Waals surface area contributed by atoms with E-state index in [1.165, 1.54) is 0 Å². The van der Waals surface area contributed by atoms with Crippen LogP contribution in [0.2, 0.25) is 0 Å². The number of fused-ring (bicyclic) bond motifs is 1. The van der Waals surface area contributed by atoms with Gasteiger partial charge in [0.2, 0.25) is 0 Å². The van der Waals surface area contributed by atoms with Crippen molar-refractivity contribution in [3.63, 3.8) is 0 Å². The molecule has 5 nitrogen and oxygen atoms in total. The van der Waals surface area contributed by atoms with Gasteiger partial charge in [-0.25, -0.2) is 4.98 Å². The van der Waals surface area contributed by atoms with E-state index < -0.39 is 0 Å². The second-order valence-corrected chi connectivity index (χ2v) is 5.22. The summed E-state index contributed by atoms with van der Waals surface area (Å²) in [4.78, 5) is 17.2. The maximum Gasteiger partial charge on any atom is 0.256 e. The van der Waals surface area contributed by atoms with Gasteiger partial charge in [-0.3, -0.25) is 10.2 Å². The number of nitrogens with zero attached hydrogens (tertiary/aromatic N) is 2. The summed E-state index contributed by atoms with van der Waals surface area (Å²) >= 11 is 0. The fourth-order valence-corrected chi connectivity index (χ4v) is 2.34. The highest BCUT2D eigenvalue weighted by Crippen LogP contribution is 2.22. The summed E-state index contributed by atoms with van der Waals surface area (Å²) in [6.07, 6.45) is 2.57. The monoisotopic (exact) mass is 318 g/mol. The second kappa shape index (κ2) is 7.37. The summed E-state index contributed by atoms with van der Waals surface area (Å²) in [7, 11) is 0. The molecule has 0 saturated heterocycles. The number of rotatable bonds is 5. The Bertz CT molecular complexity index is 875. The Hall–Kier alpha value is -3.21. The lowest BCUT2D eigenvalue weighted by Crippen LogP contribution is -2.13. The Morgan fingerprint density at radius 2 is 1.88 bits per heavy atom. The molecule has 120 valence electrons. The zero-order valence-electron chi connectivity index (χ0n) is 13.4. The number of hydrogen-bond acceptors (Lipinski definition) is 4. The first-order valence-electron chi connectivity index (χ1n) is 7.81. The maximum atomic E-state index is 12.7. The molecule has 0 aliphatic heterocycles. The molecular formula is C19H18N4O. The topological polar surface area (TPSA) is 66.4 Å². The van der Waals surface area contributed by atoms with E-state index in [0.29, 0.717) is 11.4 Å². The van der Waals surface area contributed by atoms with Crippen molar-refractivity contribution in [2.24, 2.45) is 5.10 Å². The lowest BCUT2D eigenvalue weighted by Gasteiger charge is -2.10. The molecule has 1 heterocycles. The minimum atomic E-state index is -0.178. The lowest BCUT2D eigenvalue weighted by atomic mass is 10.1. The van der Waals surface area contributed by atoms with E-state index in [4.69, 9.17) is 0 Å². The normalized spacial score (nSPS) is 10.9. The number of carbonyl (C=O) groups is 1. The van der Waals surface area contributed by atoms with E-state index in [9.17, 15) is 4.79 Å². The van der Waals surface area contributed by atoms with E-state index in [1.807, 2.05) is 61.5 Å². The number of aromatic nitrogens is 1. The van der Waals surface area contributed by atoms with Crippen LogP contribution in [0.1, 0.15) is 23.7 Å². The third-order valence-electron chi connectivity index (χ3n) is 3.45. The Morgan fingerprint density at radius 3 is 2.67 bits per heavy atom. The molecule has 0 spiro atoms. The molecule has 1 amide bonds. The van der Waals surface area contributed by atoms with E-state index in [2.05, 4.69) is 20.8 Å². The molecule has 5 heteroatoms. The number of hydrogen-bond donors (Lipinski definition) is 2. The van der Waals surface area contributed by atoms with Gasteiger partial charge in [-0.2, -0.15) is 5.10 Å². The van der Waals surface area contributed by atoms with Gasteiger partial charge in [0.05, 0.1) is 11.1 Å². The van der Waals surface area contributed by atoms with E-state index in [1.54, 1.807) is 12.3 Å². The van der Waals surface area contributed by atoms with E-state index >= 15 is 0 Å². The molecule has 2 aromatic carbocycles. The highest BCUT2D eigenvalue weighted by atomic mass is 16.1. The minimum absolute atomic E-state index is 0.178. The second-order valence-electron chi connectivity index (χ2n) is 5.22. The van der Waals surface area contributed by atoms with E-state index in [0.717, 1.165) is 23.0 Å². The molecule has 0 unspecified atom stereocenters. The average Bonchev–Trinajstić information content (AvgIpc) is 2.62. The molecule has 0 saturated carbocycles. The van der Waals surface area contributed by atoms with Gasteiger partial charge in [0.25, 0.3) is 5.91 Å². The molecule has 0 aliphatic carbocycles. The predicted molar refractivity (Wildman–Crippen MR) is 98.5 cm³/mol. The minimum Gasteiger partial charge on any atom is -0.322 e. The SMILES string of the molecule is CC/C=N/Nc1cc(C(=O)Nc2ccccc2)c2ccccc2n1. The summed E-state index contributed by atoms with van der Waals surface area (Å²) in [5.41, 5.74) is 4.92. The number of nitrogens with one attached hydrogen (secondary N) is 2. The molecule has 2 N–H and O–H groups in total. The molecule has 0 radical (unpaired) electrons. The van der Waals surface area contributed by atoms with Crippen molar-refractivity contribution >= 4 is 34.5 Å². The molecule has 0 fully saturated rings. The van der Waals surface area contributed by atoms with Gasteiger partial charge in [0.1, 0.15) is 5.82 Å². The first-order valence-corrected chi connectivity index (χ1v) is 7.81. The van der Waals surface area contributed by atoms with Crippen LogP contribution in [-0.2, 0) is 0 Å². The molecule has 1 aromatic heterocycles. The summed E-state index contributed by atoms with van der Waals surface area (Å²) in [6.45, 7) is 2.00. The molecule has 3 aromatic rings. The van der Waals surface area contributed by atoms with Gasteiger partial charge >= 0.3 is 0 Å². The lowest BCUT2D eigenvalue weighted by molar-refractivity contribution is 0.102. The van der Waals surface area contributed by atoms with Crippen molar-refractivity contribution in [3.05, 3.63) is 66.2 Å². The molecular weight excluding hydrogens is 300 g/mol.